The summed E-state index contributed by atoms with van der Waals surface area (Å²) >= 11 is 0. The summed E-state index contributed by atoms with van der Waals surface area (Å²) in [5.74, 6) is 2.50. The Kier molecular flexibility index (Phi) is 3.81. The van der Waals surface area contributed by atoms with Gasteiger partial charge < -0.3 is 5.73 Å². The first-order chi connectivity index (χ1) is 7.78. The molecule has 0 bridgehead atoms. The Bertz CT molecular complexity index is 327. The van der Waals surface area contributed by atoms with Crippen LogP contribution in [0.5, 0.6) is 0 Å². The molecule has 1 fully saturated rings. The van der Waals surface area contributed by atoms with Crippen molar-refractivity contribution in [3.63, 3.8) is 0 Å². The number of hydrogen-bond donors (Lipinski definition) is 1. The first-order valence-electron chi connectivity index (χ1n) is 6.48. The van der Waals surface area contributed by atoms with Gasteiger partial charge in [-0.1, -0.05) is 26.2 Å². The van der Waals surface area contributed by atoms with Crippen molar-refractivity contribution in [2.24, 2.45) is 11.8 Å². The molecule has 1 heterocycles. The topological polar surface area (TPSA) is 38.9 Å². The lowest BCUT2D eigenvalue weighted by molar-refractivity contribution is 0.268. The Hall–Kier alpha value is -1.05. The number of nitrogen functional groups attached to an aromatic ring is 1. The SMILES string of the molecule is CCC1CCC(Cc2ccnc(N)c2)CC1. The maximum Gasteiger partial charge on any atom is 0.123 e. The molecule has 0 unspecified atom stereocenters. The first kappa shape index (κ1) is 11.4. The highest BCUT2D eigenvalue weighted by atomic mass is 14.8. The van der Waals surface area contributed by atoms with Gasteiger partial charge in [0.15, 0.2) is 0 Å². The van der Waals surface area contributed by atoms with Gasteiger partial charge in [0.1, 0.15) is 5.82 Å². The third-order valence-corrected chi connectivity index (χ3v) is 3.91. The molecule has 1 aliphatic carbocycles. The van der Waals surface area contributed by atoms with E-state index in [-0.39, 0.29) is 0 Å². The van der Waals surface area contributed by atoms with Gasteiger partial charge in [-0.3, -0.25) is 0 Å². The van der Waals surface area contributed by atoms with Crippen LogP contribution in [0, 0.1) is 11.8 Å². The molecule has 0 radical (unpaired) electrons. The zero-order valence-corrected chi connectivity index (χ0v) is 10.2. The van der Waals surface area contributed by atoms with E-state index in [9.17, 15) is 0 Å². The van der Waals surface area contributed by atoms with Crippen LogP contribution in [-0.2, 0) is 6.42 Å². The van der Waals surface area contributed by atoms with Crippen molar-refractivity contribution in [3.8, 4) is 0 Å². The van der Waals surface area contributed by atoms with Crippen molar-refractivity contribution < 1.29 is 0 Å². The van der Waals surface area contributed by atoms with Gasteiger partial charge in [0.25, 0.3) is 0 Å². The summed E-state index contributed by atoms with van der Waals surface area (Å²) in [4.78, 5) is 4.04. The lowest BCUT2D eigenvalue weighted by atomic mass is 9.78. The van der Waals surface area contributed by atoms with E-state index in [2.05, 4.69) is 18.0 Å². The van der Waals surface area contributed by atoms with Crippen LogP contribution in [0.4, 0.5) is 5.82 Å². The molecule has 1 aromatic heterocycles. The van der Waals surface area contributed by atoms with Gasteiger partial charge in [-0.15, -0.1) is 0 Å². The van der Waals surface area contributed by atoms with Crippen molar-refractivity contribution in [1.29, 1.82) is 0 Å². The van der Waals surface area contributed by atoms with Crippen LogP contribution in [0.25, 0.3) is 0 Å². The van der Waals surface area contributed by atoms with Crippen LogP contribution >= 0.6 is 0 Å². The third-order valence-electron chi connectivity index (χ3n) is 3.91. The molecular formula is C14H22N2. The largest absolute Gasteiger partial charge is 0.384 e. The van der Waals surface area contributed by atoms with Crippen LogP contribution in [0.15, 0.2) is 18.3 Å². The van der Waals surface area contributed by atoms with E-state index in [1.807, 2.05) is 12.3 Å². The lowest BCUT2D eigenvalue weighted by Crippen LogP contribution is -2.15. The van der Waals surface area contributed by atoms with E-state index in [0.717, 1.165) is 11.8 Å². The minimum atomic E-state index is 0.653. The summed E-state index contributed by atoms with van der Waals surface area (Å²) in [6.45, 7) is 2.31. The molecule has 1 aromatic rings. The molecule has 0 aliphatic heterocycles. The van der Waals surface area contributed by atoms with Crippen LogP contribution in [-0.4, -0.2) is 4.98 Å². The molecule has 0 atom stereocenters. The van der Waals surface area contributed by atoms with E-state index in [1.165, 1.54) is 44.1 Å². The maximum absolute atomic E-state index is 5.70. The predicted molar refractivity (Wildman–Crippen MR) is 68.1 cm³/mol. The molecule has 2 heteroatoms. The first-order valence-corrected chi connectivity index (χ1v) is 6.48. The Morgan fingerprint density at radius 3 is 2.56 bits per heavy atom. The molecule has 0 amide bonds. The lowest BCUT2D eigenvalue weighted by Gasteiger charge is -2.27. The monoisotopic (exact) mass is 218 g/mol. The predicted octanol–water partition coefficient (Wildman–Crippen LogP) is 3.42. The highest BCUT2D eigenvalue weighted by Crippen LogP contribution is 2.32. The van der Waals surface area contributed by atoms with Crippen molar-refractivity contribution in [1.82, 2.24) is 4.98 Å². The van der Waals surface area contributed by atoms with Gasteiger partial charge in [-0.25, -0.2) is 4.98 Å². The molecular weight excluding hydrogens is 196 g/mol. The molecule has 2 N–H and O–H groups in total. The van der Waals surface area contributed by atoms with E-state index < -0.39 is 0 Å². The number of aromatic nitrogens is 1. The Morgan fingerprint density at radius 1 is 1.25 bits per heavy atom. The fourth-order valence-corrected chi connectivity index (χ4v) is 2.80. The second-order valence-corrected chi connectivity index (χ2v) is 5.09. The molecule has 0 aromatic carbocycles. The highest BCUT2D eigenvalue weighted by molar-refractivity contribution is 5.31. The zero-order chi connectivity index (χ0) is 11.4. The number of pyridine rings is 1. The fraction of sp³-hybridized carbons (Fsp3) is 0.643. The van der Waals surface area contributed by atoms with Crippen molar-refractivity contribution in [2.45, 2.75) is 45.4 Å². The van der Waals surface area contributed by atoms with E-state index in [0.29, 0.717) is 5.82 Å². The Labute approximate surface area is 98.3 Å². The summed E-state index contributed by atoms with van der Waals surface area (Å²) in [6, 6.07) is 4.12. The zero-order valence-electron chi connectivity index (χ0n) is 10.2. The summed E-state index contributed by atoms with van der Waals surface area (Å²) in [6.07, 6.45) is 9.98. The van der Waals surface area contributed by atoms with Crippen LogP contribution in [0.1, 0.15) is 44.6 Å². The molecule has 1 aliphatic rings. The maximum atomic E-state index is 5.70. The summed E-state index contributed by atoms with van der Waals surface area (Å²) in [5, 5.41) is 0. The Morgan fingerprint density at radius 2 is 1.94 bits per heavy atom. The van der Waals surface area contributed by atoms with Crippen molar-refractivity contribution in [2.75, 3.05) is 5.73 Å². The minimum Gasteiger partial charge on any atom is -0.384 e. The smallest absolute Gasteiger partial charge is 0.123 e. The van der Waals surface area contributed by atoms with Gasteiger partial charge in [-0.05, 0) is 48.8 Å². The standard InChI is InChI=1S/C14H22N2/c1-2-11-3-5-12(6-4-11)9-13-7-8-16-14(15)10-13/h7-8,10-12H,2-6,9H2,1H3,(H2,15,16). The molecule has 16 heavy (non-hydrogen) atoms. The summed E-state index contributed by atoms with van der Waals surface area (Å²) in [7, 11) is 0. The Balaban J connectivity index is 1.87. The van der Waals surface area contributed by atoms with Gasteiger partial charge >= 0.3 is 0 Å². The molecule has 0 spiro atoms. The number of nitrogens with zero attached hydrogens (tertiary/aromatic N) is 1. The quantitative estimate of drug-likeness (QED) is 0.844. The fourth-order valence-electron chi connectivity index (χ4n) is 2.80. The molecule has 1 saturated carbocycles. The van der Waals surface area contributed by atoms with E-state index >= 15 is 0 Å². The van der Waals surface area contributed by atoms with Crippen molar-refractivity contribution in [3.05, 3.63) is 23.9 Å². The normalized spacial score (nSPS) is 25.6. The minimum absolute atomic E-state index is 0.653. The number of hydrogen-bond acceptors (Lipinski definition) is 2. The number of nitrogens with two attached hydrogens (primary N) is 1. The second kappa shape index (κ2) is 5.33. The molecule has 0 saturated heterocycles. The molecule has 88 valence electrons. The average molecular weight is 218 g/mol. The molecule has 2 nitrogen and oxygen atoms in total. The van der Waals surface area contributed by atoms with Crippen LogP contribution in [0.2, 0.25) is 0 Å². The van der Waals surface area contributed by atoms with Crippen LogP contribution < -0.4 is 5.73 Å². The third kappa shape index (κ3) is 2.97. The average Bonchev–Trinajstić information content (AvgIpc) is 2.30. The van der Waals surface area contributed by atoms with Gasteiger partial charge in [0, 0.05) is 6.20 Å². The number of anilines is 1. The van der Waals surface area contributed by atoms with Gasteiger partial charge in [0.05, 0.1) is 0 Å². The van der Waals surface area contributed by atoms with Gasteiger partial charge in [-0.2, -0.15) is 0 Å². The van der Waals surface area contributed by atoms with E-state index in [1.54, 1.807) is 0 Å². The summed E-state index contributed by atoms with van der Waals surface area (Å²) in [5.41, 5.74) is 7.05. The highest BCUT2D eigenvalue weighted by Gasteiger charge is 2.19. The van der Waals surface area contributed by atoms with Gasteiger partial charge in [0.2, 0.25) is 0 Å². The molecule has 2 rings (SSSR count). The summed E-state index contributed by atoms with van der Waals surface area (Å²) < 4.78 is 0. The second-order valence-electron chi connectivity index (χ2n) is 5.09. The van der Waals surface area contributed by atoms with E-state index in [4.69, 9.17) is 5.73 Å². The van der Waals surface area contributed by atoms with Crippen LogP contribution in [0.3, 0.4) is 0 Å². The van der Waals surface area contributed by atoms with Crippen molar-refractivity contribution >= 4 is 5.82 Å². The number of rotatable bonds is 3.